The summed E-state index contributed by atoms with van der Waals surface area (Å²) in [5.41, 5.74) is -0.542. The van der Waals surface area contributed by atoms with Crippen molar-refractivity contribution in [1.82, 2.24) is 9.80 Å². The third-order valence-corrected chi connectivity index (χ3v) is 10.5. The van der Waals surface area contributed by atoms with E-state index in [1.54, 1.807) is 48.5 Å². The highest BCUT2D eigenvalue weighted by Gasteiger charge is 2.35. The Bertz CT molecular complexity index is 5910. The van der Waals surface area contributed by atoms with Gasteiger partial charge in [0.2, 0.25) is 0 Å². The largest absolute Gasteiger partial charge is 0.479 e. The van der Waals surface area contributed by atoms with Gasteiger partial charge in [0.1, 0.15) is 31.3 Å². The lowest BCUT2D eigenvalue weighted by atomic mass is 10.0. The second-order valence-electron chi connectivity index (χ2n) is 22.8. The average molecular weight is 1610 g/mol. The van der Waals surface area contributed by atoms with Crippen LogP contribution in [0, 0.1) is 379 Å². The summed E-state index contributed by atoms with van der Waals surface area (Å²) in [6.45, 7) is 22.6. The van der Waals surface area contributed by atoms with E-state index in [1.807, 2.05) is 64.4 Å². The predicted molar refractivity (Wildman–Crippen MR) is 505 cm³/mol. The highest BCUT2D eigenvalue weighted by atomic mass is 16.6. The number of terminal acetylenes is 1. The number of carboxylic acids is 1. The second-order valence-corrected chi connectivity index (χ2v) is 22.8. The molecule has 114 heavy (non-hydrogen) atoms. The molecule has 1 aromatic rings. The van der Waals surface area contributed by atoms with E-state index in [4.69, 9.17) is 122 Å². The molecule has 0 fully saturated rings. The zero-order chi connectivity index (χ0) is 148. The standard InChI is InChI=1S/C63H4.C22H33NO6.C15H27NO6.32H2/c1-3-5-7-9-11-13-15-17-19-21-23-25-27-29-31-33-35-37-39-41-43-45-47-49-51-53-55-57-59-61-63-62-60-58-56-54-52-50-48-46-44-42-40-38-36-34-32-30-28-26-24-22-20-18-16-14-12-10-8-6-4-2;1-15(2)13-18(23(7)21(26)29-22(4,5)6)20(25)28-16(3)19(24)27-14-17-11-9-8-10-12-17;1-9(2)8-11(13(19)21-10(3)12(17)18)16(7)14(20)22-15(4,5)6;;;;;;;;;;;;;;;;;;;;;;;;;;;;;;;;/h1H,2H3;8-12,15-16,18H,13-14H2,1-7H3;9-11H,8H2,1-7H3,(H,17,18);32*1H/t;16-,18-;10-,11-;;;;;;;;;;;;;;;;;;;;;;;;;;;;;;;;/m.11................................/s1/i1D;;;31*1+1D;1+1. The Labute approximate surface area is 772 Å². The maximum absolute atomic E-state index is 12.7. The number of hydrogen-bond acceptors (Lipinski definition) is 11. The van der Waals surface area contributed by atoms with E-state index in [0.29, 0.717) is 12.8 Å². The van der Waals surface area contributed by atoms with E-state index in [-0.39, 0.29) is 19.9 Å². The Hall–Kier alpha value is -18.0. The molecule has 1 rings (SSSR count). The van der Waals surface area contributed by atoms with Crippen LogP contribution in [0.1, 0.15) is 203 Å². The highest BCUT2D eigenvalue weighted by molar-refractivity contribution is 5.85. The number of aliphatic carboxylic acids is 1. The van der Waals surface area contributed by atoms with Gasteiger partial charge in [-0.15, -0.1) is 6.40 Å². The monoisotopic (exact) mass is 1610 g/mol. The van der Waals surface area contributed by atoms with Crippen LogP contribution in [0.2, 0.25) is 0 Å². The number of esters is 3. The number of carboxylic acid groups (broad SMARTS) is 1. The summed E-state index contributed by atoms with van der Waals surface area (Å²) >= 11 is 0. The SMILES string of the molecule is CC(C)C[C@H](C(=O)O[C@H](C)C(=O)O)N(C)C(=O)OC(C)(C)C.CC(C)C[C@H](C(=O)O[C@H](C)C(=O)OCc1ccccc1)N(C)C(=O)OC(C)(C)C.[2HH].[2H]C#CC#CC#CC#CC#CC#CC#CC#CC#CC#CC#CC#CC#CC#CC#CC#CC#CC#CC#CC#CC#CC#CC#CC#CC#CC#CC#CC#CC#CC#CC#CC.[2H][2H].[2H][2H].[2H][2H].[2H][2H].[2H][2H].[2H][2H].[2H][2H].[2H][2H].[2H][2H].[2H][2H].[2H][2H].[2H][2H].[2H][2H].[2H][2H].[2H][2H].[2H][2H].[2H][2H].[2H][2H].[2H][2H].[2H][2H].[2H][2H].[2H][2H].[2H][2H].[2H][2H].[2H][2H].[2H][2H].[2H][2H].[2H][2H].[2H][2H].[2H][2H].[2H][2H]. The molecule has 14 heteroatoms. The summed E-state index contributed by atoms with van der Waals surface area (Å²) in [5.74, 6) is 149. The molecule has 610 valence electrons. The molecule has 0 heterocycles. The third-order valence-electron chi connectivity index (χ3n) is 10.5. The van der Waals surface area contributed by atoms with Crippen LogP contribution < -0.4 is 0 Å². The fourth-order valence-electron chi connectivity index (χ4n) is 5.97. The quantitative estimate of drug-likeness (QED) is 0.106. The fraction of sp³-hybridized carbons (Fsp3) is 0.260. The Morgan fingerprint density at radius 2 is 0.596 bits per heavy atom. The van der Waals surface area contributed by atoms with Crippen molar-refractivity contribution in [3.63, 3.8) is 0 Å². The van der Waals surface area contributed by atoms with E-state index in [9.17, 15) is 28.8 Å². The molecule has 0 radical (unpaired) electrons. The number of hydrogen-bond donors (Lipinski definition) is 1. The van der Waals surface area contributed by atoms with Gasteiger partial charge in [-0.3, -0.25) is 9.80 Å². The van der Waals surface area contributed by atoms with Crippen LogP contribution in [-0.4, -0.2) is 101 Å². The Kier molecular flexibility index (Phi) is 31.5. The van der Waals surface area contributed by atoms with E-state index in [1.165, 1.54) is 32.8 Å². The van der Waals surface area contributed by atoms with Gasteiger partial charge in [0.25, 0.3) is 0 Å². The molecular weight excluding hydrogens is 1420 g/mol. The second kappa shape index (κ2) is 65.7. The third kappa shape index (κ3) is 63.7. The molecule has 0 aliphatic rings. The minimum absolute atomic E-state index is 0. The number of amides is 2. The van der Waals surface area contributed by atoms with Crippen LogP contribution in [0.25, 0.3) is 0 Å². The molecule has 0 aliphatic heterocycles. The molecule has 4 atom stereocenters. The molecule has 0 saturated carbocycles. The van der Waals surface area contributed by atoms with Crippen LogP contribution >= 0.6 is 0 Å². The Morgan fingerprint density at radius 3 is 0.798 bits per heavy atom. The lowest BCUT2D eigenvalue weighted by Gasteiger charge is -2.30. The van der Waals surface area contributed by atoms with Crippen LogP contribution in [0.4, 0.5) is 9.59 Å². The first kappa shape index (κ1) is 54.6. The molecule has 1 aromatic carbocycles. The maximum atomic E-state index is 12.7. The summed E-state index contributed by atoms with van der Waals surface area (Å²) in [4.78, 5) is 74.7. The topological polar surface area (TPSA) is 175 Å². The lowest BCUT2D eigenvalue weighted by molar-refractivity contribution is -0.170. The van der Waals surface area contributed by atoms with E-state index in [0.717, 1.165) is 10.5 Å². The van der Waals surface area contributed by atoms with Crippen LogP contribution in [-0.2, 0) is 49.5 Å². The van der Waals surface area contributed by atoms with Crippen molar-refractivity contribution in [3.05, 3.63) is 35.9 Å². The van der Waals surface area contributed by atoms with Crippen molar-refractivity contribution in [2.45, 2.75) is 145 Å². The van der Waals surface area contributed by atoms with Crippen LogP contribution in [0.5, 0.6) is 0 Å². The van der Waals surface area contributed by atoms with Crippen molar-refractivity contribution in [3.8, 4) is 368 Å². The molecule has 1 N–H and O–H groups in total. The molecule has 14 nitrogen and oxygen atoms in total. The zero-order valence-corrected chi connectivity index (χ0v) is 64.8. The zero-order valence-electron chi connectivity index (χ0n) is 128. The van der Waals surface area contributed by atoms with E-state index >= 15 is 0 Å². The van der Waals surface area contributed by atoms with Crippen molar-refractivity contribution in [1.29, 1.82) is 0 Å². The van der Waals surface area contributed by atoms with E-state index in [2.05, 4.69) is 361 Å². The van der Waals surface area contributed by atoms with Crippen LogP contribution in [0.3, 0.4) is 0 Å². The number of ether oxygens (including phenoxy) is 5. The van der Waals surface area contributed by atoms with Crippen molar-refractivity contribution >= 4 is 36.1 Å². The Morgan fingerprint density at radius 1 is 0.377 bits per heavy atom. The van der Waals surface area contributed by atoms with Gasteiger partial charge in [0.15, 0.2) is 12.2 Å². The maximum Gasteiger partial charge on any atom is 0.410 e. The minimum atomic E-state index is -1.27. The molecule has 0 saturated heterocycles. The number of carbonyl (C=O) groups is 6. The van der Waals surface area contributed by atoms with Gasteiger partial charge in [-0.25, -0.2) is 28.8 Å². The molecular formula is C100H128N2O12. The summed E-state index contributed by atoms with van der Waals surface area (Å²) in [6.07, 6.45) is -1.04. The molecule has 0 bridgehead atoms. The summed E-state index contributed by atoms with van der Waals surface area (Å²) in [5, 5.41) is 8.81. The molecule has 0 aliphatic carbocycles. The number of rotatable bonds is 14. The van der Waals surface area contributed by atoms with Crippen molar-refractivity contribution < 1.29 is 152 Å². The number of likely N-dealkylation sites (N-methyl/N-ethyl adjacent to an activating group) is 2. The van der Waals surface area contributed by atoms with E-state index < -0.39 is 71.6 Å². The van der Waals surface area contributed by atoms with Gasteiger partial charge in [0, 0.05) is 368 Å². The normalized spacial score (nSPS) is 10.6. The van der Waals surface area contributed by atoms with Crippen molar-refractivity contribution in [2.24, 2.45) is 11.8 Å². The molecule has 0 aromatic heterocycles. The van der Waals surface area contributed by atoms with Gasteiger partial charge in [-0.2, -0.15) is 0 Å². The van der Waals surface area contributed by atoms with Crippen molar-refractivity contribution in [2.75, 3.05) is 14.1 Å². The van der Waals surface area contributed by atoms with Gasteiger partial charge in [0.05, 0.1) is 0 Å². The van der Waals surface area contributed by atoms with Gasteiger partial charge in [-0.1, -0.05) is 63.9 Å². The first-order chi connectivity index (χ1) is 86.2. The summed E-state index contributed by atoms with van der Waals surface area (Å²) in [7, 11) is 2.93. The molecule has 0 spiro atoms. The molecule has 0 unspecified atom stereocenters. The van der Waals surface area contributed by atoms with Gasteiger partial charge < -0.3 is 28.8 Å². The van der Waals surface area contributed by atoms with Crippen LogP contribution in [0.15, 0.2) is 30.3 Å². The lowest BCUT2D eigenvalue weighted by Crippen LogP contribution is -2.47. The molecule has 2 amide bonds. The van der Waals surface area contributed by atoms with Gasteiger partial charge >= 0.3 is 36.1 Å². The minimum Gasteiger partial charge on any atom is -0.479 e. The Balaban J connectivity index is -0.0000000476. The summed E-state index contributed by atoms with van der Waals surface area (Å²) < 4.78 is 343. The number of nitrogens with zero attached hydrogens (tertiary/aromatic N) is 2. The first-order valence-corrected chi connectivity index (χ1v) is 32.8. The highest BCUT2D eigenvalue weighted by Crippen LogP contribution is 2.19. The fourth-order valence-corrected chi connectivity index (χ4v) is 5.97. The smallest absolute Gasteiger partial charge is 0.410 e. The van der Waals surface area contributed by atoms with Gasteiger partial charge in [-0.05, 0) is 187 Å². The predicted octanol–water partition coefficient (Wildman–Crippen LogP) is 14.8. The summed E-state index contributed by atoms with van der Waals surface area (Å²) in [6, 6.07) is 7.46. The average Bonchev–Trinajstić information content (AvgIpc) is 0.854. The number of carbonyl (C=O) groups excluding carboxylic acids is 5. The number of benzene rings is 1. The first-order valence-electron chi connectivity index (χ1n) is 64.3.